The average Bonchev–Trinajstić information content (AvgIpc) is 2.99. The van der Waals surface area contributed by atoms with Crippen LogP contribution in [0.25, 0.3) is 0 Å². The molecule has 0 bridgehead atoms. The van der Waals surface area contributed by atoms with Gasteiger partial charge in [0.15, 0.2) is 0 Å². The van der Waals surface area contributed by atoms with Gasteiger partial charge in [-0.1, -0.05) is 63.6 Å². The first kappa shape index (κ1) is 32.4. The van der Waals surface area contributed by atoms with Gasteiger partial charge in [-0.2, -0.15) is 0 Å². The van der Waals surface area contributed by atoms with E-state index in [-0.39, 0.29) is 36.9 Å². The van der Waals surface area contributed by atoms with Crippen LogP contribution >= 0.6 is 0 Å². The number of benzene rings is 3. The zero-order valence-corrected chi connectivity index (χ0v) is 26.5. The molecule has 3 aromatic carbocycles. The molecule has 0 amide bonds. The van der Waals surface area contributed by atoms with Gasteiger partial charge >= 0.3 is 17.1 Å². The monoisotopic (exact) mass is 601 g/mol. The van der Waals surface area contributed by atoms with Gasteiger partial charge in [0.1, 0.15) is 17.2 Å². The maximum absolute atomic E-state index is 13.9. The molecule has 44 heavy (non-hydrogen) atoms. The van der Waals surface area contributed by atoms with Crippen molar-refractivity contribution in [1.82, 2.24) is 13.7 Å². The molecule has 0 radical (unpaired) electrons. The largest absolute Gasteiger partial charge is 0.507 e. The van der Waals surface area contributed by atoms with Crippen LogP contribution in [0.1, 0.15) is 83.7 Å². The third-order valence-electron chi connectivity index (χ3n) is 8.29. The Labute approximate surface area is 257 Å². The number of hydrogen-bond donors (Lipinski definition) is 3. The summed E-state index contributed by atoms with van der Waals surface area (Å²) in [5.74, 6) is 0.574. The molecule has 0 unspecified atom stereocenters. The lowest BCUT2D eigenvalue weighted by molar-refractivity contribution is 0.461. The fourth-order valence-electron chi connectivity index (χ4n) is 5.81. The number of aryl methyl sites for hydroxylation is 6. The van der Waals surface area contributed by atoms with Crippen molar-refractivity contribution in [2.75, 3.05) is 0 Å². The van der Waals surface area contributed by atoms with Gasteiger partial charge in [0.2, 0.25) is 0 Å². The molecule has 0 aliphatic rings. The minimum Gasteiger partial charge on any atom is -0.507 e. The number of phenolic OH excluding ortho intramolecular Hbond substituents is 3. The summed E-state index contributed by atoms with van der Waals surface area (Å²) in [6.07, 6.45) is 3.63. The highest BCUT2D eigenvalue weighted by Gasteiger charge is 2.19. The van der Waals surface area contributed by atoms with Crippen LogP contribution in [0.4, 0.5) is 0 Å². The quantitative estimate of drug-likeness (QED) is 0.226. The molecule has 0 spiro atoms. The molecule has 3 N–H and O–H groups in total. The Morgan fingerprint density at radius 1 is 0.523 bits per heavy atom. The van der Waals surface area contributed by atoms with Crippen LogP contribution in [0, 0.1) is 20.8 Å². The van der Waals surface area contributed by atoms with Crippen LogP contribution in [0.3, 0.4) is 0 Å². The van der Waals surface area contributed by atoms with Gasteiger partial charge in [-0.25, -0.2) is 28.1 Å². The number of hydrogen-bond acceptors (Lipinski definition) is 6. The van der Waals surface area contributed by atoms with E-state index in [2.05, 4.69) is 6.92 Å². The Bertz CT molecular complexity index is 1780. The number of unbranched alkanes of at least 4 members (excludes halogenated alkanes) is 1. The molecule has 0 aliphatic heterocycles. The third kappa shape index (κ3) is 6.51. The molecule has 4 rings (SSSR count). The van der Waals surface area contributed by atoms with Gasteiger partial charge in [0.25, 0.3) is 0 Å². The molecule has 1 heterocycles. The third-order valence-corrected chi connectivity index (χ3v) is 8.29. The molecule has 4 aromatic rings. The first-order valence-corrected chi connectivity index (χ1v) is 15.3. The summed E-state index contributed by atoms with van der Waals surface area (Å²) < 4.78 is 3.19. The summed E-state index contributed by atoms with van der Waals surface area (Å²) in [7, 11) is 0. The highest BCUT2D eigenvalue weighted by Crippen LogP contribution is 2.27. The predicted octanol–water partition coefficient (Wildman–Crippen LogP) is 4.83. The topological polar surface area (TPSA) is 127 Å². The van der Waals surface area contributed by atoms with E-state index in [0.717, 1.165) is 32.1 Å². The first-order valence-electron chi connectivity index (χ1n) is 15.3. The SMILES string of the molecule is CCCCc1cc(Cn2c(=O)n(Cc3cc(C)c(O)c(CC)c3)c(=O)n(Cc3cc(C)c(O)c(CC)c3)c2=O)cc(C)c1O. The van der Waals surface area contributed by atoms with Crippen molar-refractivity contribution in [3.8, 4) is 17.2 Å². The second kappa shape index (κ2) is 13.4. The Kier molecular flexibility index (Phi) is 9.87. The normalized spacial score (nSPS) is 11.3. The van der Waals surface area contributed by atoms with Crippen molar-refractivity contribution in [3.05, 3.63) is 118 Å². The van der Waals surface area contributed by atoms with E-state index in [1.54, 1.807) is 51.1 Å². The number of phenols is 3. The van der Waals surface area contributed by atoms with Crippen molar-refractivity contribution in [2.45, 2.75) is 93.3 Å². The van der Waals surface area contributed by atoms with E-state index in [4.69, 9.17) is 0 Å². The van der Waals surface area contributed by atoms with E-state index in [9.17, 15) is 29.7 Å². The van der Waals surface area contributed by atoms with Crippen LogP contribution in [0.5, 0.6) is 17.2 Å². The number of rotatable bonds is 11. The fourth-order valence-corrected chi connectivity index (χ4v) is 5.81. The average molecular weight is 602 g/mol. The molecule has 0 aliphatic carbocycles. The van der Waals surface area contributed by atoms with Crippen molar-refractivity contribution >= 4 is 0 Å². The maximum atomic E-state index is 13.9. The van der Waals surface area contributed by atoms with E-state index in [0.29, 0.717) is 63.8 Å². The van der Waals surface area contributed by atoms with Crippen molar-refractivity contribution in [2.24, 2.45) is 0 Å². The summed E-state index contributed by atoms with van der Waals surface area (Å²) in [5, 5.41) is 31.5. The second-order valence-electron chi connectivity index (χ2n) is 11.7. The summed E-state index contributed by atoms with van der Waals surface area (Å²) in [5.41, 5.74) is 3.83. The van der Waals surface area contributed by atoms with Gasteiger partial charge in [0.05, 0.1) is 19.6 Å². The van der Waals surface area contributed by atoms with Gasteiger partial charge < -0.3 is 15.3 Å². The minimum atomic E-state index is -0.741. The van der Waals surface area contributed by atoms with Crippen LogP contribution in [-0.4, -0.2) is 29.0 Å². The molecule has 1 aromatic heterocycles. The van der Waals surface area contributed by atoms with Gasteiger partial charge in [0, 0.05) is 0 Å². The molecule has 234 valence electrons. The Balaban J connectivity index is 1.92. The Morgan fingerprint density at radius 2 is 0.841 bits per heavy atom. The number of aromatic hydroxyl groups is 3. The van der Waals surface area contributed by atoms with Gasteiger partial charge in [-0.15, -0.1) is 0 Å². The molecular weight excluding hydrogens is 558 g/mol. The Morgan fingerprint density at radius 3 is 1.16 bits per heavy atom. The summed E-state index contributed by atoms with van der Waals surface area (Å²) in [6.45, 7) is 11.0. The van der Waals surface area contributed by atoms with Crippen molar-refractivity contribution < 1.29 is 15.3 Å². The van der Waals surface area contributed by atoms with Gasteiger partial charge in [-0.05, 0) is 96.5 Å². The summed E-state index contributed by atoms with van der Waals surface area (Å²) >= 11 is 0. The van der Waals surface area contributed by atoms with Crippen molar-refractivity contribution in [3.63, 3.8) is 0 Å². The predicted molar refractivity (Wildman–Crippen MR) is 172 cm³/mol. The molecule has 0 fully saturated rings. The first-order chi connectivity index (χ1) is 20.9. The highest BCUT2D eigenvalue weighted by molar-refractivity contribution is 5.45. The summed E-state index contributed by atoms with van der Waals surface area (Å²) in [6, 6.07) is 10.6. The summed E-state index contributed by atoms with van der Waals surface area (Å²) in [4.78, 5) is 41.7. The standard InChI is InChI=1S/C35H43N3O6/c1-7-10-11-29-17-26(14-23(6)32(29)41)20-38-34(43)36(18-24-12-21(4)30(39)27(8-2)15-24)33(42)37(35(38)44)19-25-13-22(5)31(40)28(9-3)16-25/h12-17,39-41H,7-11,18-20H2,1-6H3. The lowest BCUT2D eigenvalue weighted by Crippen LogP contribution is -2.54. The number of nitrogens with zero attached hydrogens (tertiary/aromatic N) is 3. The second-order valence-corrected chi connectivity index (χ2v) is 11.7. The molecule has 0 saturated carbocycles. The minimum absolute atomic E-state index is 0.0815. The van der Waals surface area contributed by atoms with Crippen LogP contribution in [-0.2, 0) is 38.9 Å². The van der Waals surface area contributed by atoms with Crippen molar-refractivity contribution in [1.29, 1.82) is 0 Å². The highest BCUT2D eigenvalue weighted by atomic mass is 16.3. The van der Waals surface area contributed by atoms with E-state index in [1.807, 2.05) is 19.9 Å². The molecule has 9 heteroatoms. The molecular formula is C35H43N3O6. The lowest BCUT2D eigenvalue weighted by atomic mass is 10.0. The van der Waals surface area contributed by atoms with Crippen LogP contribution < -0.4 is 17.1 Å². The van der Waals surface area contributed by atoms with E-state index < -0.39 is 17.1 Å². The van der Waals surface area contributed by atoms with Crippen LogP contribution in [0.2, 0.25) is 0 Å². The van der Waals surface area contributed by atoms with E-state index in [1.165, 1.54) is 0 Å². The fraction of sp³-hybridized carbons (Fsp3) is 0.400. The Hall–Kier alpha value is -4.53. The molecule has 0 atom stereocenters. The van der Waals surface area contributed by atoms with Gasteiger partial charge in [-0.3, -0.25) is 0 Å². The van der Waals surface area contributed by atoms with E-state index >= 15 is 0 Å². The smallest absolute Gasteiger partial charge is 0.336 e. The zero-order chi connectivity index (χ0) is 32.3. The zero-order valence-electron chi connectivity index (χ0n) is 26.5. The molecule has 9 nitrogen and oxygen atoms in total. The lowest BCUT2D eigenvalue weighted by Gasteiger charge is -2.17. The number of aromatic nitrogens is 3. The maximum Gasteiger partial charge on any atom is 0.336 e. The van der Waals surface area contributed by atoms with Crippen LogP contribution in [0.15, 0.2) is 50.8 Å². The molecule has 0 saturated heterocycles.